The number of benzene rings is 1. The molecule has 37 heavy (non-hydrogen) atoms. The molecule has 0 spiro atoms. The van der Waals surface area contributed by atoms with Gasteiger partial charge in [0.1, 0.15) is 28.0 Å². The van der Waals surface area contributed by atoms with E-state index in [1.165, 1.54) is 31.0 Å². The number of hydrogen-bond donors (Lipinski definition) is 2. The van der Waals surface area contributed by atoms with Crippen LogP contribution in [0.4, 0.5) is 17.3 Å². The molecule has 0 aliphatic heterocycles. The van der Waals surface area contributed by atoms with E-state index in [0.717, 1.165) is 0 Å². The van der Waals surface area contributed by atoms with Gasteiger partial charge in [-0.05, 0) is 12.1 Å². The first-order valence-electron chi connectivity index (χ1n) is 11.4. The number of aromatic nitrogens is 4. The lowest BCUT2D eigenvalue weighted by Gasteiger charge is -2.16. The number of methoxy groups -OCH3 is 2. The van der Waals surface area contributed by atoms with E-state index in [1.54, 1.807) is 13.1 Å². The Balaban J connectivity index is 2.16. The van der Waals surface area contributed by atoms with Crippen LogP contribution in [0.25, 0.3) is 0 Å². The van der Waals surface area contributed by atoms with Crippen LogP contribution in [0.2, 0.25) is 0 Å². The normalized spacial score (nSPS) is 12.5. The SMILES string of the molecule is COc1ccc(OC)c(S(=O)(=O)Nc2c(N=Nc3n[nH]c(C(C)(C)C)c3C#N)c(C(C)(C)C)nn2C)c1. The van der Waals surface area contributed by atoms with Crippen molar-refractivity contribution < 1.29 is 17.9 Å². The molecule has 0 aliphatic carbocycles. The molecule has 3 aromatic rings. The highest BCUT2D eigenvalue weighted by Crippen LogP contribution is 2.40. The summed E-state index contributed by atoms with van der Waals surface area (Å²) < 4.78 is 41.4. The number of nitrogens with zero attached hydrogens (tertiary/aromatic N) is 6. The van der Waals surface area contributed by atoms with E-state index in [2.05, 4.69) is 36.3 Å². The quantitative estimate of drug-likeness (QED) is 0.415. The first-order chi connectivity index (χ1) is 17.1. The first kappa shape index (κ1) is 27.7. The molecule has 1 aromatic carbocycles. The summed E-state index contributed by atoms with van der Waals surface area (Å²) in [5, 5.41) is 29.8. The maximum Gasteiger partial charge on any atom is 0.266 e. The molecule has 12 nitrogen and oxygen atoms in total. The third kappa shape index (κ3) is 5.59. The standard InChI is InChI=1S/C24H32N8O4S/c1-23(2,3)19-15(13-25)21(29-27-19)28-26-18-20(24(4,5)6)30-32(7)22(18)31-37(33,34)17-12-14(35-8)10-11-16(17)36-9/h10-12,31H,1-9H3,(H,27,29). The third-order valence-corrected chi connectivity index (χ3v) is 6.84. The molecule has 0 fully saturated rings. The van der Waals surface area contributed by atoms with Crippen LogP contribution >= 0.6 is 0 Å². The number of rotatable bonds is 7. The fourth-order valence-electron chi connectivity index (χ4n) is 3.55. The molecule has 2 aromatic heterocycles. The summed E-state index contributed by atoms with van der Waals surface area (Å²) in [5.74, 6) is 0.668. The van der Waals surface area contributed by atoms with Gasteiger partial charge in [0, 0.05) is 23.9 Å². The summed E-state index contributed by atoms with van der Waals surface area (Å²) in [6.45, 7) is 11.6. The van der Waals surface area contributed by atoms with Crippen molar-refractivity contribution in [1.29, 1.82) is 5.26 Å². The smallest absolute Gasteiger partial charge is 0.266 e. The van der Waals surface area contributed by atoms with Crippen molar-refractivity contribution in [2.45, 2.75) is 57.3 Å². The maximum atomic E-state index is 13.5. The number of sulfonamides is 1. The highest BCUT2D eigenvalue weighted by molar-refractivity contribution is 7.92. The van der Waals surface area contributed by atoms with Crippen molar-refractivity contribution in [2.75, 3.05) is 18.9 Å². The van der Waals surface area contributed by atoms with Gasteiger partial charge in [0.25, 0.3) is 10.0 Å². The van der Waals surface area contributed by atoms with Crippen LogP contribution in [0.15, 0.2) is 33.3 Å². The zero-order valence-corrected chi connectivity index (χ0v) is 23.3. The van der Waals surface area contributed by atoms with E-state index < -0.39 is 15.4 Å². The maximum absolute atomic E-state index is 13.5. The fraction of sp³-hybridized carbons (Fsp3) is 0.458. The molecular weight excluding hydrogens is 496 g/mol. The van der Waals surface area contributed by atoms with Gasteiger partial charge >= 0.3 is 0 Å². The number of hydrogen-bond acceptors (Lipinski definition) is 9. The van der Waals surface area contributed by atoms with Gasteiger partial charge in [0.15, 0.2) is 11.5 Å². The van der Waals surface area contributed by atoms with Crippen LogP contribution in [-0.4, -0.2) is 42.6 Å². The van der Waals surface area contributed by atoms with E-state index in [-0.39, 0.29) is 38.9 Å². The number of aromatic amines is 1. The Morgan fingerprint density at radius 2 is 1.76 bits per heavy atom. The van der Waals surface area contributed by atoms with Gasteiger partial charge < -0.3 is 9.47 Å². The van der Waals surface area contributed by atoms with Crippen LogP contribution in [-0.2, 0) is 27.9 Å². The van der Waals surface area contributed by atoms with Crippen LogP contribution < -0.4 is 14.2 Å². The highest BCUT2D eigenvalue weighted by Gasteiger charge is 2.31. The molecule has 0 bridgehead atoms. The van der Waals surface area contributed by atoms with Crippen molar-refractivity contribution >= 4 is 27.3 Å². The Bertz CT molecular complexity index is 1480. The number of aryl methyl sites for hydroxylation is 1. The monoisotopic (exact) mass is 528 g/mol. The molecule has 13 heteroatoms. The van der Waals surface area contributed by atoms with Gasteiger partial charge in [-0.2, -0.15) is 15.5 Å². The summed E-state index contributed by atoms with van der Waals surface area (Å²) in [7, 11) is 0.251. The fourth-order valence-corrected chi connectivity index (χ4v) is 4.83. The Labute approximate surface area is 216 Å². The topological polar surface area (TPSA) is 160 Å². The molecule has 0 unspecified atom stereocenters. The Hall–Kier alpha value is -3.92. The zero-order chi connectivity index (χ0) is 27.8. The molecule has 0 saturated carbocycles. The molecule has 3 rings (SSSR count). The summed E-state index contributed by atoms with van der Waals surface area (Å²) >= 11 is 0. The molecule has 0 atom stereocenters. The number of azo groups is 1. The van der Waals surface area contributed by atoms with Crippen molar-refractivity contribution in [3.8, 4) is 17.6 Å². The molecular formula is C24H32N8O4S. The van der Waals surface area contributed by atoms with Crippen LogP contribution in [0, 0.1) is 11.3 Å². The Morgan fingerprint density at radius 3 is 2.30 bits per heavy atom. The molecule has 2 heterocycles. The van der Waals surface area contributed by atoms with Crippen molar-refractivity contribution in [2.24, 2.45) is 17.3 Å². The molecule has 2 N–H and O–H groups in total. The van der Waals surface area contributed by atoms with Gasteiger partial charge in [-0.25, -0.2) is 13.1 Å². The van der Waals surface area contributed by atoms with Gasteiger partial charge in [-0.1, -0.05) is 41.5 Å². The molecule has 198 valence electrons. The summed E-state index contributed by atoms with van der Waals surface area (Å²) in [4.78, 5) is -0.121. The second kappa shape index (κ2) is 9.85. The molecule has 0 amide bonds. The van der Waals surface area contributed by atoms with Crippen molar-refractivity contribution in [3.63, 3.8) is 0 Å². The predicted molar refractivity (Wildman–Crippen MR) is 138 cm³/mol. The van der Waals surface area contributed by atoms with Gasteiger partial charge in [0.05, 0.1) is 25.6 Å². The number of ether oxygens (including phenoxy) is 2. The second-order valence-electron chi connectivity index (χ2n) is 10.4. The van der Waals surface area contributed by atoms with E-state index in [9.17, 15) is 13.7 Å². The lowest BCUT2D eigenvalue weighted by atomic mass is 9.90. The van der Waals surface area contributed by atoms with Crippen LogP contribution in [0.5, 0.6) is 11.5 Å². The van der Waals surface area contributed by atoms with Crippen LogP contribution in [0.3, 0.4) is 0 Å². The molecule has 0 saturated heterocycles. The van der Waals surface area contributed by atoms with E-state index in [1.807, 2.05) is 41.5 Å². The van der Waals surface area contributed by atoms with E-state index in [0.29, 0.717) is 17.1 Å². The van der Waals surface area contributed by atoms with E-state index >= 15 is 0 Å². The molecule has 0 radical (unpaired) electrons. The average Bonchev–Trinajstić information content (AvgIpc) is 3.37. The largest absolute Gasteiger partial charge is 0.497 e. The van der Waals surface area contributed by atoms with E-state index in [4.69, 9.17) is 9.47 Å². The van der Waals surface area contributed by atoms with Gasteiger partial charge in [-0.3, -0.25) is 9.82 Å². The zero-order valence-electron chi connectivity index (χ0n) is 22.5. The summed E-state index contributed by atoms with van der Waals surface area (Å²) in [6, 6.07) is 6.60. The summed E-state index contributed by atoms with van der Waals surface area (Å²) in [6.07, 6.45) is 0. The predicted octanol–water partition coefficient (Wildman–Crippen LogP) is 4.84. The Kier molecular flexibility index (Phi) is 7.37. The second-order valence-corrected chi connectivity index (χ2v) is 12.1. The van der Waals surface area contributed by atoms with Gasteiger partial charge in [0.2, 0.25) is 5.82 Å². The number of nitriles is 1. The summed E-state index contributed by atoms with van der Waals surface area (Å²) in [5.41, 5.74) is 0.707. The minimum Gasteiger partial charge on any atom is -0.497 e. The lowest BCUT2D eigenvalue weighted by Crippen LogP contribution is -2.16. The number of nitrogens with one attached hydrogen (secondary N) is 2. The molecule has 0 aliphatic rings. The lowest BCUT2D eigenvalue weighted by molar-refractivity contribution is 0.392. The average molecular weight is 529 g/mol. The first-order valence-corrected chi connectivity index (χ1v) is 12.8. The minimum atomic E-state index is -4.17. The van der Waals surface area contributed by atoms with Crippen molar-refractivity contribution in [3.05, 3.63) is 35.2 Å². The minimum absolute atomic E-state index is 0.0867. The number of H-pyrrole nitrogens is 1. The number of anilines is 1. The van der Waals surface area contributed by atoms with Crippen LogP contribution in [0.1, 0.15) is 58.5 Å². The third-order valence-electron chi connectivity index (χ3n) is 5.48. The van der Waals surface area contributed by atoms with Crippen molar-refractivity contribution in [1.82, 2.24) is 20.0 Å². The van der Waals surface area contributed by atoms with Gasteiger partial charge in [-0.15, -0.1) is 10.2 Å². The Morgan fingerprint density at radius 1 is 1.08 bits per heavy atom. The highest BCUT2D eigenvalue weighted by atomic mass is 32.2.